The van der Waals surface area contributed by atoms with Crippen molar-refractivity contribution in [2.45, 2.75) is 12.8 Å². The fraction of sp³-hybridized carbons (Fsp3) is 0.235. The van der Waals surface area contributed by atoms with Gasteiger partial charge in [-0.15, -0.1) is 0 Å². The fourth-order valence-electron chi connectivity index (χ4n) is 2.57. The van der Waals surface area contributed by atoms with Gasteiger partial charge in [-0.05, 0) is 36.1 Å². The second-order valence-corrected chi connectivity index (χ2v) is 4.95. The predicted octanol–water partition coefficient (Wildman–Crippen LogP) is 3.59. The highest BCUT2D eigenvalue weighted by molar-refractivity contribution is 5.95. The van der Waals surface area contributed by atoms with E-state index in [2.05, 4.69) is 18.2 Å². The zero-order valence-corrected chi connectivity index (χ0v) is 10.9. The van der Waals surface area contributed by atoms with E-state index in [-0.39, 0.29) is 5.91 Å². The molecule has 1 fully saturated rings. The number of carbonyl (C=O) groups excluding carboxylic acids is 1. The Morgan fingerprint density at radius 2 is 1.53 bits per heavy atom. The molecule has 0 aromatic heterocycles. The third-order valence-electron chi connectivity index (χ3n) is 3.61. The maximum absolute atomic E-state index is 12.4. The molecule has 1 aliphatic heterocycles. The van der Waals surface area contributed by atoms with Gasteiger partial charge in [0.05, 0.1) is 0 Å². The molecule has 2 aromatic carbocycles. The smallest absolute Gasteiger partial charge is 0.253 e. The first-order valence-corrected chi connectivity index (χ1v) is 6.79. The summed E-state index contributed by atoms with van der Waals surface area (Å²) in [6.45, 7) is 1.79. The molecule has 0 radical (unpaired) electrons. The van der Waals surface area contributed by atoms with Crippen molar-refractivity contribution in [3.63, 3.8) is 0 Å². The molecule has 0 spiro atoms. The molecule has 1 aliphatic rings. The monoisotopic (exact) mass is 251 g/mol. The molecule has 1 amide bonds. The molecule has 2 nitrogen and oxygen atoms in total. The number of likely N-dealkylation sites (tertiary alicyclic amines) is 1. The molecule has 3 rings (SSSR count). The number of amides is 1. The summed E-state index contributed by atoms with van der Waals surface area (Å²) in [6.07, 6.45) is 2.26. The molecule has 1 saturated heterocycles. The molecule has 19 heavy (non-hydrogen) atoms. The lowest BCUT2D eigenvalue weighted by atomic mass is 10.0. The Morgan fingerprint density at radius 1 is 0.842 bits per heavy atom. The van der Waals surface area contributed by atoms with Gasteiger partial charge in [0, 0.05) is 18.7 Å². The van der Waals surface area contributed by atoms with Crippen LogP contribution in [0.2, 0.25) is 0 Å². The third kappa shape index (κ3) is 2.53. The number of carbonyl (C=O) groups is 1. The zero-order chi connectivity index (χ0) is 13.1. The van der Waals surface area contributed by atoms with Crippen molar-refractivity contribution >= 4 is 5.91 Å². The van der Waals surface area contributed by atoms with Crippen LogP contribution in [0.15, 0.2) is 54.6 Å². The molecule has 0 saturated carbocycles. The van der Waals surface area contributed by atoms with Gasteiger partial charge in [0.25, 0.3) is 5.91 Å². The quantitative estimate of drug-likeness (QED) is 0.798. The highest BCUT2D eigenvalue weighted by Gasteiger charge is 2.19. The summed E-state index contributed by atoms with van der Waals surface area (Å²) in [6, 6.07) is 18.1. The highest BCUT2D eigenvalue weighted by atomic mass is 16.2. The molecule has 96 valence electrons. The first-order chi connectivity index (χ1) is 9.34. The van der Waals surface area contributed by atoms with E-state index in [1.807, 2.05) is 41.3 Å². The Labute approximate surface area is 113 Å². The Morgan fingerprint density at radius 3 is 2.26 bits per heavy atom. The van der Waals surface area contributed by atoms with Gasteiger partial charge >= 0.3 is 0 Å². The molecule has 0 N–H and O–H groups in total. The standard InChI is InChI=1S/C17H17NO/c19-17(18-11-4-5-12-18)16-10-6-9-15(13-16)14-7-2-1-3-8-14/h1-3,6-10,13H,4-5,11-12H2. The summed E-state index contributed by atoms with van der Waals surface area (Å²) in [7, 11) is 0. The molecule has 2 aromatic rings. The minimum absolute atomic E-state index is 0.162. The predicted molar refractivity (Wildman–Crippen MR) is 77.0 cm³/mol. The van der Waals surface area contributed by atoms with Crippen molar-refractivity contribution in [3.05, 3.63) is 60.2 Å². The van der Waals surface area contributed by atoms with E-state index in [4.69, 9.17) is 0 Å². The summed E-state index contributed by atoms with van der Waals surface area (Å²) in [5.41, 5.74) is 3.05. The Balaban J connectivity index is 1.89. The van der Waals surface area contributed by atoms with E-state index < -0.39 is 0 Å². The van der Waals surface area contributed by atoms with Crippen LogP contribution >= 0.6 is 0 Å². The SMILES string of the molecule is O=C(c1cccc(-c2ccccc2)c1)N1CCCC1. The summed E-state index contributed by atoms with van der Waals surface area (Å²) >= 11 is 0. The van der Waals surface area contributed by atoms with E-state index in [1.165, 1.54) is 0 Å². The lowest BCUT2D eigenvalue weighted by molar-refractivity contribution is 0.0793. The van der Waals surface area contributed by atoms with Crippen molar-refractivity contribution in [2.24, 2.45) is 0 Å². The molecule has 1 heterocycles. The Kier molecular flexibility index (Phi) is 3.32. The summed E-state index contributed by atoms with van der Waals surface area (Å²) in [5.74, 6) is 0.162. The minimum Gasteiger partial charge on any atom is -0.339 e. The van der Waals surface area contributed by atoms with E-state index >= 15 is 0 Å². The molecule has 2 heteroatoms. The average molecular weight is 251 g/mol. The van der Waals surface area contributed by atoms with Crippen LogP contribution in [-0.4, -0.2) is 23.9 Å². The second kappa shape index (κ2) is 5.27. The van der Waals surface area contributed by atoms with Crippen LogP contribution in [-0.2, 0) is 0 Å². The van der Waals surface area contributed by atoms with Crippen molar-refractivity contribution in [1.82, 2.24) is 4.90 Å². The molecular formula is C17H17NO. The van der Waals surface area contributed by atoms with Gasteiger partial charge in [0.15, 0.2) is 0 Å². The van der Waals surface area contributed by atoms with Gasteiger partial charge in [0.1, 0.15) is 0 Å². The minimum atomic E-state index is 0.162. The largest absolute Gasteiger partial charge is 0.339 e. The molecule has 0 atom stereocenters. The van der Waals surface area contributed by atoms with Gasteiger partial charge in [-0.1, -0.05) is 42.5 Å². The summed E-state index contributed by atoms with van der Waals surface area (Å²) in [4.78, 5) is 14.3. The zero-order valence-electron chi connectivity index (χ0n) is 10.9. The van der Waals surface area contributed by atoms with Gasteiger partial charge in [0.2, 0.25) is 0 Å². The van der Waals surface area contributed by atoms with E-state index in [9.17, 15) is 4.79 Å². The molecule has 0 aliphatic carbocycles. The van der Waals surface area contributed by atoms with Gasteiger partial charge in [-0.3, -0.25) is 4.79 Å². The number of nitrogens with zero attached hydrogens (tertiary/aromatic N) is 1. The van der Waals surface area contributed by atoms with Crippen LogP contribution in [0, 0.1) is 0 Å². The fourth-order valence-corrected chi connectivity index (χ4v) is 2.57. The number of benzene rings is 2. The van der Waals surface area contributed by atoms with Crippen LogP contribution in [0.5, 0.6) is 0 Å². The summed E-state index contributed by atoms with van der Waals surface area (Å²) < 4.78 is 0. The Hall–Kier alpha value is -2.09. The van der Waals surface area contributed by atoms with Crippen molar-refractivity contribution in [2.75, 3.05) is 13.1 Å². The third-order valence-corrected chi connectivity index (χ3v) is 3.61. The molecular weight excluding hydrogens is 234 g/mol. The van der Waals surface area contributed by atoms with Gasteiger partial charge < -0.3 is 4.90 Å². The van der Waals surface area contributed by atoms with E-state index in [0.29, 0.717) is 0 Å². The number of rotatable bonds is 2. The van der Waals surface area contributed by atoms with Crippen LogP contribution in [0.25, 0.3) is 11.1 Å². The maximum atomic E-state index is 12.4. The average Bonchev–Trinajstić information content (AvgIpc) is 3.02. The van der Waals surface area contributed by atoms with Crippen molar-refractivity contribution < 1.29 is 4.79 Å². The summed E-state index contributed by atoms with van der Waals surface area (Å²) in [5, 5.41) is 0. The molecule has 0 bridgehead atoms. The van der Waals surface area contributed by atoms with Crippen LogP contribution in [0.1, 0.15) is 23.2 Å². The van der Waals surface area contributed by atoms with Crippen molar-refractivity contribution in [1.29, 1.82) is 0 Å². The maximum Gasteiger partial charge on any atom is 0.253 e. The number of hydrogen-bond acceptors (Lipinski definition) is 1. The van der Waals surface area contributed by atoms with E-state index in [1.54, 1.807) is 0 Å². The first-order valence-electron chi connectivity index (χ1n) is 6.79. The highest BCUT2D eigenvalue weighted by Crippen LogP contribution is 2.21. The van der Waals surface area contributed by atoms with Crippen LogP contribution < -0.4 is 0 Å². The van der Waals surface area contributed by atoms with Gasteiger partial charge in [-0.25, -0.2) is 0 Å². The lowest BCUT2D eigenvalue weighted by Gasteiger charge is -2.15. The van der Waals surface area contributed by atoms with Crippen LogP contribution in [0.4, 0.5) is 0 Å². The normalized spacial score (nSPS) is 14.6. The first kappa shape index (κ1) is 12.0. The second-order valence-electron chi connectivity index (χ2n) is 4.95. The van der Waals surface area contributed by atoms with Crippen molar-refractivity contribution in [3.8, 4) is 11.1 Å². The Bertz CT molecular complexity index is 571. The lowest BCUT2D eigenvalue weighted by Crippen LogP contribution is -2.27. The molecule has 0 unspecified atom stereocenters. The topological polar surface area (TPSA) is 20.3 Å². The van der Waals surface area contributed by atoms with E-state index in [0.717, 1.165) is 42.6 Å². The van der Waals surface area contributed by atoms with Gasteiger partial charge in [-0.2, -0.15) is 0 Å². The van der Waals surface area contributed by atoms with Crippen LogP contribution in [0.3, 0.4) is 0 Å². The number of hydrogen-bond donors (Lipinski definition) is 0.